The minimum atomic E-state index is -0.445. The number of aliphatic imine (C=N–C) groups is 1. The van der Waals surface area contributed by atoms with Gasteiger partial charge in [0.25, 0.3) is 0 Å². The topological polar surface area (TPSA) is 62.2 Å². The molecule has 5 rings (SSSR count). The minimum absolute atomic E-state index is 0.0361. The van der Waals surface area contributed by atoms with E-state index in [1.54, 1.807) is 15.9 Å². The molecule has 0 saturated carbocycles. The zero-order valence-electron chi connectivity index (χ0n) is 17.2. The van der Waals surface area contributed by atoms with E-state index in [1.807, 2.05) is 66.7 Å². The number of hydrogen-bond acceptors (Lipinski definition) is 4. The van der Waals surface area contributed by atoms with Crippen molar-refractivity contribution in [2.75, 3.05) is 29.4 Å². The van der Waals surface area contributed by atoms with Gasteiger partial charge >= 0.3 is 6.09 Å². The summed E-state index contributed by atoms with van der Waals surface area (Å²) in [6.07, 6.45) is -0.445. The highest BCUT2D eigenvalue weighted by atomic mass is 35.5. The van der Waals surface area contributed by atoms with Crippen molar-refractivity contribution in [1.82, 2.24) is 0 Å². The largest absolute Gasteiger partial charge is 0.444 e. The van der Waals surface area contributed by atoms with Crippen LogP contribution in [-0.4, -0.2) is 37.3 Å². The van der Waals surface area contributed by atoms with Crippen LogP contribution in [0.15, 0.2) is 77.8 Å². The predicted octanol–water partition coefficient (Wildman–Crippen LogP) is 4.68. The summed E-state index contributed by atoms with van der Waals surface area (Å²) in [6, 6.07) is 22.6. The first-order valence-electron chi connectivity index (χ1n) is 10.3. The highest BCUT2D eigenvalue weighted by Crippen LogP contribution is 2.39. The fraction of sp³-hybridized carbons (Fsp3) is 0.160. The van der Waals surface area contributed by atoms with E-state index < -0.39 is 6.09 Å². The Morgan fingerprint density at radius 3 is 2.62 bits per heavy atom. The predicted molar refractivity (Wildman–Crippen MR) is 125 cm³/mol. The van der Waals surface area contributed by atoms with E-state index in [4.69, 9.17) is 16.3 Å². The summed E-state index contributed by atoms with van der Waals surface area (Å²) in [5, 5.41) is 0.591. The third-order valence-corrected chi connectivity index (χ3v) is 5.81. The molecule has 0 aromatic heterocycles. The molecular formula is C25H20ClN3O3. The average Bonchev–Trinajstić information content (AvgIpc) is 2.96. The van der Waals surface area contributed by atoms with E-state index in [9.17, 15) is 9.59 Å². The van der Waals surface area contributed by atoms with Crippen molar-refractivity contribution < 1.29 is 14.3 Å². The van der Waals surface area contributed by atoms with Gasteiger partial charge in [-0.05, 0) is 23.8 Å². The second kappa shape index (κ2) is 8.48. The summed E-state index contributed by atoms with van der Waals surface area (Å²) in [6.45, 7) is 0.946. The van der Waals surface area contributed by atoms with E-state index in [-0.39, 0.29) is 19.1 Å². The summed E-state index contributed by atoms with van der Waals surface area (Å²) in [5.41, 5.74) is 4.52. The molecule has 3 aromatic rings. The van der Waals surface area contributed by atoms with Crippen LogP contribution in [0.3, 0.4) is 0 Å². The van der Waals surface area contributed by atoms with Crippen molar-refractivity contribution in [2.45, 2.75) is 6.61 Å². The fourth-order valence-electron chi connectivity index (χ4n) is 4.09. The molecule has 0 aliphatic carbocycles. The Morgan fingerprint density at radius 1 is 1.00 bits per heavy atom. The molecule has 0 fully saturated rings. The molecule has 32 heavy (non-hydrogen) atoms. The first-order valence-corrected chi connectivity index (χ1v) is 10.7. The van der Waals surface area contributed by atoms with Crippen LogP contribution in [-0.2, 0) is 16.1 Å². The number of hydrogen-bond donors (Lipinski definition) is 0. The van der Waals surface area contributed by atoms with Gasteiger partial charge in [0.05, 0.1) is 17.1 Å². The Bertz CT molecular complexity index is 1230. The van der Waals surface area contributed by atoms with Gasteiger partial charge in [0.1, 0.15) is 13.2 Å². The van der Waals surface area contributed by atoms with Crippen LogP contribution in [0.1, 0.15) is 16.7 Å². The van der Waals surface area contributed by atoms with Crippen LogP contribution in [0.4, 0.5) is 16.2 Å². The number of anilines is 2. The third kappa shape index (κ3) is 3.74. The lowest BCUT2D eigenvalue weighted by atomic mass is 9.98. The molecule has 2 heterocycles. The van der Waals surface area contributed by atoms with Gasteiger partial charge in [0, 0.05) is 29.2 Å². The molecular weight excluding hydrogens is 426 g/mol. The normalized spacial score (nSPS) is 15.0. The quantitative estimate of drug-likeness (QED) is 0.588. The Labute approximate surface area is 190 Å². The number of benzene rings is 3. The van der Waals surface area contributed by atoms with Gasteiger partial charge in [-0.1, -0.05) is 66.2 Å². The molecule has 0 N–H and O–H groups in total. The second-order valence-corrected chi connectivity index (χ2v) is 8.02. The SMILES string of the molecule is O=C(OCc1ccccc1)N1CCN2C(=O)CN=C(c3cccc(Cl)c3)c3cccc1c32. The number of rotatable bonds is 3. The maximum Gasteiger partial charge on any atom is 0.414 e. The zero-order chi connectivity index (χ0) is 22.1. The summed E-state index contributed by atoms with van der Waals surface area (Å²) in [5.74, 6) is -0.104. The number of halogens is 1. The molecule has 2 aliphatic heterocycles. The van der Waals surface area contributed by atoms with E-state index >= 15 is 0 Å². The van der Waals surface area contributed by atoms with Crippen LogP contribution in [0.5, 0.6) is 0 Å². The molecule has 0 atom stereocenters. The van der Waals surface area contributed by atoms with Gasteiger partial charge in [-0.15, -0.1) is 0 Å². The molecule has 2 amide bonds. The van der Waals surface area contributed by atoms with E-state index in [0.717, 1.165) is 16.7 Å². The zero-order valence-corrected chi connectivity index (χ0v) is 18.0. The van der Waals surface area contributed by atoms with Gasteiger partial charge < -0.3 is 9.64 Å². The molecule has 0 saturated heterocycles. The highest BCUT2D eigenvalue weighted by molar-refractivity contribution is 6.31. The summed E-state index contributed by atoms with van der Waals surface area (Å²) >= 11 is 6.21. The van der Waals surface area contributed by atoms with E-state index in [1.165, 1.54) is 0 Å². The van der Waals surface area contributed by atoms with Crippen LogP contribution in [0.2, 0.25) is 5.02 Å². The lowest BCUT2D eigenvalue weighted by Crippen LogP contribution is -2.47. The number of nitrogens with zero attached hydrogens (tertiary/aromatic N) is 3. The summed E-state index contributed by atoms with van der Waals surface area (Å²) in [4.78, 5) is 33.8. The Hall–Kier alpha value is -3.64. The molecule has 0 spiro atoms. The Morgan fingerprint density at radius 2 is 1.81 bits per heavy atom. The lowest BCUT2D eigenvalue weighted by molar-refractivity contribution is -0.117. The molecule has 3 aromatic carbocycles. The molecule has 2 aliphatic rings. The third-order valence-electron chi connectivity index (χ3n) is 5.57. The molecule has 0 unspecified atom stereocenters. The molecule has 160 valence electrons. The van der Waals surface area contributed by atoms with Crippen LogP contribution < -0.4 is 9.80 Å². The van der Waals surface area contributed by atoms with Gasteiger partial charge in [0.2, 0.25) is 5.91 Å². The lowest BCUT2D eigenvalue weighted by Gasteiger charge is -2.36. The molecule has 7 heteroatoms. The van der Waals surface area contributed by atoms with Crippen LogP contribution in [0, 0.1) is 0 Å². The number of carbonyl (C=O) groups excluding carboxylic acids is 2. The smallest absolute Gasteiger partial charge is 0.414 e. The van der Waals surface area contributed by atoms with Crippen molar-refractivity contribution in [3.8, 4) is 0 Å². The average molecular weight is 446 g/mol. The first-order chi connectivity index (χ1) is 15.6. The number of ether oxygens (including phenoxy) is 1. The van der Waals surface area contributed by atoms with Crippen molar-refractivity contribution in [2.24, 2.45) is 4.99 Å². The molecule has 0 radical (unpaired) electrons. The minimum Gasteiger partial charge on any atom is -0.444 e. The number of carbonyl (C=O) groups is 2. The highest BCUT2D eigenvalue weighted by Gasteiger charge is 2.35. The van der Waals surface area contributed by atoms with E-state index in [2.05, 4.69) is 4.99 Å². The molecule has 6 nitrogen and oxygen atoms in total. The number of amides is 2. The van der Waals surface area contributed by atoms with Crippen molar-refractivity contribution >= 4 is 40.7 Å². The Kier molecular flexibility index (Phi) is 5.37. The maximum absolute atomic E-state index is 13.0. The van der Waals surface area contributed by atoms with E-state index in [0.29, 0.717) is 35.2 Å². The van der Waals surface area contributed by atoms with Gasteiger partial charge in [-0.25, -0.2) is 4.79 Å². The standard InChI is InChI=1S/C25H20ClN3O3/c26-19-9-4-8-18(14-19)23-20-10-5-11-21-24(20)29(22(30)15-27-23)13-12-28(21)25(31)32-16-17-6-2-1-3-7-17/h1-11,14H,12-13,15-16H2. The van der Waals surface area contributed by atoms with Gasteiger partial charge in [0.15, 0.2) is 0 Å². The maximum atomic E-state index is 13.0. The van der Waals surface area contributed by atoms with Gasteiger partial charge in [-0.2, -0.15) is 0 Å². The second-order valence-electron chi connectivity index (χ2n) is 7.59. The van der Waals surface area contributed by atoms with Crippen molar-refractivity contribution in [3.05, 3.63) is 94.5 Å². The monoisotopic (exact) mass is 445 g/mol. The summed E-state index contributed by atoms with van der Waals surface area (Å²) in [7, 11) is 0. The van der Waals surface area contributed by atoms with Crippen molar-refractivity contribution in [1.29, 1.82) is 0 Å². The fourth-order valence-corrected chi connectivity index (χ4v) is 4.28. The Balaban J connectivity index is 1.52. The van der Waals surface area contributed by atoms with Gasteiger partial charge in [-0.3, -0.25) is 14.7 Å². The summed E-state index contributed by atoms with van der Waals surface area (Å²) < 4.78 is 5.57. The van der Waals surface area contributed by atoms with Crippen LogP contribution >= 0.6 is 11.6 Å². The van der Waals surface area contributed by atoms with Crippen molar-refractivity contribution in [3.63, 3.8) is 0 Å². The number of para-hydroxylation sites is 1. The molecule has 0 bridgehead atoms. The first kappa shape index (κ1) is 20.3. The van der Waals surface area contributed by atoms with Crippen LogP contribution in [0.25, 0.3) is 0 Å².